The molecule has 4 amide bonds. The Morgan fingerprint density at radius 1 is 1.00 bits per heavy atom. The molecular weight excluding hydrogens is 296 g/mol. The SMILES string of the molecule is O=C1CCC(N2C(=O)c3ccc(CC4CC4)cc3C2=O)C(=O)N1. The third kappa shape index (κ3) is 2.34. The van der Waals surface area contributed by atoms with Crippen molar-refractivity contribution in [2.75, 3.05) is 0 Å². The van der Waals surface area contributed by atoms with E-state index in [1.54, 1.807) is 12.1 Å². The molecule has 0 bridgehead atoms. The van der Waals surface area contributed by atoms with Crippen LogP contribution in [0.25, 0.3) is 0 Å². The zero-order valence-electron chi connectivity index (χ0n) is 12.5. The van der Waals surface area contributed by atoms with E-state index in [0.29, 0.717) is 17.0 Å². The topological polar surface area (TPSA) is 83.6 Å². The highest BCUT2D eigenvalue weighted by Crippen LogP contribution is 2.34. The summed E-state index contributed by atoms with van der Waals surface area (Å²) in [6, 6.07) is 4.45. The van der Waals surface area contributed by atoms with E-state index in [4.69, 9.17) is 0 Å². The van der Waals surface area contributed by atoms with E-state index in [9.17, 15) is 19.2 Å². The standard InChI is InChI=1S/C17H16N2O4/c20-14-6-5-13(15(21)18-14)19-16(22)11-4-3-10(7-9-1-2-9)8-12(11)17(19)23/h3-4,8-9,13H,1-2,5-7H2,(H,18,20,21). The van der Waals surface area contributed by atoms with E-state index in [2.05, 4.69) is 5.32 Å². The first-order chi connectivity index (χ1) is 11.0. The second-order valence-electron chi connectivity index (χ2n) is 6.47. The highest BCUT2D eigenvalue weighted by Gasteiger charge is 2.44. The highest BCUT2D eigenvalue weighted by atomic mass is 16.2. The molecule has 1 aromatic rings. The number of imide groups is 2. The Bertz CT molecular complexity index is 751. The van der Waals surface area contributed by atoms with Crippen LogP contribution in [0.3, 0.4) is 0 Å². The predicted octanol–water partition coefficient (Wildman–Crippen LogP) is 1.04. The predicted molar refractivity (Wildman–Crippen MR) is 79.5 cm³/mol. The van der Waals surface area contributed by atoms with Gasteiger partial charge in [-0.05, 0) is 49.3 Å². The smallest absolute Gasteiger partial charge is 0.262 e. The lowest BCUT2D eigenvalue weighted by Gasteiger charge is -2.27. The first-order valence-electron chi connectivity index (χ1n) is 7.89. The van der Waals surface area contributed by atoms with Gasteiger partial charge in [0.15, 0.2) is 0 Å². The Hall–Kier alpha value is -2.50. The monoisotopic (exact) mass is 312 g/mol. The van der Waals surface area contributed by atoms with Gasteiger partial charge in [0.1, 0.15) is 6.04 Å². The molecular formula is C17H16N2O4. The van der Waals surface area contributed by atoms with Crippen LogP contribution in [0.1, 0.15) is 52.0 Å². The molecule has 2 fully saturated rings. The first-order valence-corrected chi connectivity index (χ1v) is 7.89. The van der Waals surface area contributed by atoms with E-state index in [1.807, 2.05) is 6.07 Å². The van der Waals surface area contributed by atoms with E-state index in [0.717, 1.165) is 16.9 Å². The summed E-state index contributed by atoms with van der Waals surface area (Å²) < 4.78 is 0. The van der Waals surface area contributed by atoms with Crippen molar-refractivity contribution in [3.8, 4) is 0 Å². The summed E-state index contributed by atoms with van der Waals surface area (Å²) >= 11 is 0. The van der Waals surface area contributed by atoms with Gasteiger partial charge in [-0.2, -0.15) is 0 Å². The van der Waals surface area contributed by atoms with Gasteiger partial charge in [0.25, 0.3) is 11.8 Å². The van der Waals surface area contributed by atoms with Gasteiger partial charge >= 0.3 is 0 Å². The van der Waals surface area contributed by atoms with Gasteiger partial charge in [-0.25, -0.2) is 0 Å². The number of carbonyl (C=O) groups is 4. The lowest BCUT2D eigenvalue weighted by molar-refractivity contribution is -0.136. The Labute approximate surface area is 132 Å². The average molecular weight is 312 g/mol. The van der Waals surface area contributed by atoms with Crippen LogP contribution in [-0.2, 0) is 16.0 Å². The van der Waals surface area contributed by atoms with Gasteiger partial charge < -0.3 is 0 Å². The van der Waals surface area contributed by atoms with Gasteiger partial charge in [0.2, 0.25) is 11.8 Å². The number of hydrogen-bond acceptors (Lipinski definition) is 4. The molecule has 1 saturated carbocycles. The molecule has 23 heavy (non-hydrogen) atoms. The van der Waals surface area contributed by atoms with E-state index in [-0.39, 0.29) is 18.7 Å². The number of benzene rings is 1. The lowest BCUT2D eigenvalue weighted by Crippen LogP contribution is -2.54. The molecule has 1 unspecified atom stereocenters. The minimum atomic E-state index is -0.896. The summed E-state index contributed by atoms with van der Waals surface area (Å²) in [5.41, 5.74) is 1.77. The second kappa shape index (κ2) is 5.01. The van der Waals surface area contributed by atoms with Crippen LogP contribution in [0.15, 0.2) is 18.2 Å². The van der Waals surface area contributed by atoms with Crippen LogP contribution >= 0.6 is 0 Å². The molecule has 4 rings (SSSR count). The molecule has 3 aliphatic rings. The fourth-order valence-corrected chi connectivity index (χ4v) is 3.30. The molecule has 1 saturated heterocycles. The molecule has 0 radical (unpaired) electrons. The number of hydrogen-bond donors (Lipinski definition) is 1. The first kappa shape index (κ1) is 14.1. The number of carbonyl (C=O) groups excluding carboxylic acids is 4. The number of rotatable bonds is 3. The van der Waals surface area contributed by atoms with Crippen molar-refractivity contribution < 1.29 is 19.2 Å². The van der Waals surface area contributed by atoms with Crippen LogP contribution in [0, 0.1) is 5.92 Å². The maximum atomic E-state index is 12.6. The minimum Gasteiger partial charge on any atom is -0.295 e. The second-order valence-corrected chi connectivity index (χ2v) is 6.47. The summed E-state index contributed by atoms with van der Waals surface area (Å²) in [5, 5.41) is 2.20. The van der Waals surface area contributed by atoms with Crippen molar-refractivity contribution in [1.29, 1.82) is 0 Å². The van der Waals surface area contributed by atoms with Gasteiger partial charge in [-0.3, -0.25) is 29.4 Å². The molecule has 1 N–H and O–H groups in total. The van der Waals surface area contributed by atoms with Crippen molar-refractivity contribution >= 4 is 23.6 Å². The van der Waals surface area contributed by atoms with Crippen LogP contribution < -0.4 is 5.32 Å². The van der Waals surface area contributed by atoms with Crippen LogP contribution in [0.2, 0.25) is 0 Å². The fourth-order valence-electron chi connectivity index (χ4n) is 3.30. The minimum absolute atomic E-state index is 0.136. The maximum absolute atomic E-state index is 12.6. The van der Waals surface area contributed by atoms with Gasteiger partial charge in [-0.1, -0.05) is 6.07 Å². The maximum Gasteiger partial charge on any atom is 0.262 e. The number of nitrogens with one attached hydrogen (secondary N) is 1. The quantitative estimate of drug-likeness (QED) is 0.845. The van der Waals surface area contributed by atoms with Crippen LogP contribution in [-0.4, -0.2) is 34.6 Å². The largest absolute Gasteiger partial charge is 0.295 e. The van der Waals surface area contributed by atoms with Crippen molar-refractivity contribution in [1.82, 2.24) is 10.2 Å². The number of amides is 4. The fraction of sp³-hybridized carbons (Fsp3) is 0.412. The van der Waals surface area contributed by atoms with E-state index >= 15 is 0 Å². The molecule has 0 aromatic heterocycles. The van der Waals surface area contributed by atoms with Crippen molar-refractivity contribution in [3.63, 3.8) is 0 Å². The summed E-state index contributed by atoms with van der Waals surface area (Å²) in [6.45, 7) is 0. The highest BCUT2D eigenvalue weighted by molar-refractivity contribution is 6.23. The molecule has 0 spiro atoms. The molecule has 1 aromatic carbocycles. The summed E-state index contributed by atoms with van der Waals surface area (Å²) in [7, 11) is 0. The van der Waals surface area contributed by atoms with Crippen molar-refractivity contribution in [2.24, 2.45) is 5.92 Å². The van der Waals surface area contributed by atoms with Gasteiger partial charge in [0.05, 0.1) is 11.1 Å². The molecule has 1 aliphatic carbocycles. The molecule has 118 valence electrons. The average Bonchev–Trinajstić information content (AvgIpc) is 3.29. The van der Waals surface area contributed by atoms with Crippen LogP contribution in [0.4, 0.5) is 0 Å². The number of nitrogens with zero attached hydrogens (tertiary/aromatic N) is 1. The Morgan fingerprint density at radius 3 is 2.43 bits per heavy atom. The van der Waals surface area contributed by atoms with E-state index < -0.39 is 23.8 Å². The third-order valence-corrected chi connectivity index (χ3v) is 4.73. The summed E-state index contributed by atoms with van der Waals surface area (Å²) in [4.78, 5) is 49.4. The molecule has 2 aliphatic heterocycles. The zero-order valence-corrected chi connectivity index (χ0v) is 12.5. The zero-order chi connectivity index (χ0) is 16.1. The molecule has 6 nitrogen and oxygen atoms in total. The number of fused-ring (bicyclic) bond motifs is 1. The van der Waals surface area contributed by atoms with E-state index in [1.165, 1.54) is 12.8 Å². The van der Waals surface area contributed by atoms with Gasteiger partial charge in [-0.15, -0.1) is 0 Å². The lowest BCUT2D eigenvalue weighted by atomic mass is 10.0. The van der Waals surface area contributed by atoms with Gasteiger partial charge in [0, 0.05) is 6.42 Å². The van der Waals surface area contributed by atoms with Crippen LogP contribution in [0.5, 0.6) is 0 Å². The molecule has 2 heterocycles. The molecule has 6 heteroatoms. The van der Waals surface area contributed by atoms with Crippen molar-refractivity contribution in [2.45, 2.75) is 38.1 Å². The third-order valence-electron chi connectivity index (χ3n) is 4.73. The Kier molecular flexibility index (Phi) is 3.07. The normalized spacial score (nSPS) is 24.0. The number of piperidine rings is 1. The molecule has 1 atom stereocenters. The van der Waals surface area contributed by atoms with Crippen molar-refractivity contribution in [3.05, 3.63) is 34.9 Å². The summed E-state index contributed by atoms with van der Waals surface area (Å²) in [5.74, 6) is -1.13. The Balaban J connectivity index is 1.63. The summed E-state index contributed by atoms with van der Waals surface area (Å²) in [6.07, 6.45) is 3.67. The Morgan fingerprint density at radius 2 is 1.74 bits per heavy atom.